The molecule has 0 bridgehead atoms. The molecule has 1 amide bonds. The molecule has 2 aromatic rings. The summed E-state index contributed by atoms with van der Waals surface area (Å²) >= 11 is 1.51. The van der Waals surface area contributed by atoms with E-state index in [1.807, 2.05) is 6.92 Å². The number of benzene rings is 1. The third kappa shape index (κ3) is 5.80. The minimum absolute atomic E-state index is 0.0266. The van der Waals surface area contributed by atoms with Crippen molar-refractivity contribution in [1.82, 2.24) is 4.98 Å². The average Bonchev–Trinajstić information content (AvgIpc) is 3.45. The van der Waals surface area contributed by atoms with Crippen LogP contribution in [0.4, 0.5) is 5.13 Å². The predicted octanol–water partition coefficient (Wildman–Crippen LogP) is 5.40. The van der Waals surface area contributed by atoms with E-state index in [9.17, 15) is 9.59 Å². The Bertz CT molecular complexity index is 1350. The Morgan fingerprint density at radius 3 is 2.71 bits per heavy atom. The second-order valence-electron chi connectivity index (χ2n) is 13.4. The quantitative estimate of drug-likeness (QED) is 0.258. The van der Waals surface area contributed by atoms with Gasteiger partial charge in [0.25, 0.3) is 0 Å². The maximum absolute atomic E-state index is 12.9. The van der Waals surface area contributed by atoms with Gasteiger partial charge in [-0.3, -0.25) is 4.79 Å². The van der Waals surface area contributed by atoms with Crippen molar-refractivity contribution >= 4 is 34.1 Å². The number of thiazole rings is 1. The molecule has 41 heavy (non-hydrogen) atoms. The third-order valence-electron chi connectivity index (χ3n) is 9.75. The van der Waals surface area contributed by atoms with Crippen LogP contribution in [0.5, 0.6) is 5.75 Å². The second-order valence-corrected chi connectivity index (χ2v) is 14.6. The Balaban J connectivity index is 1.43. The third-order valence-corrected chi connectivity index (χ3v) is 10.6. The van der Waals surface area contributed by atoms with Crippen molar-refractivity contribution in [3.05, 3.63) is 39.9 Å². The van der Waals surface area contributed by atoms with Crippen LogP contribution in [0.25, 0.3) is 0 Å². The Hall–Kier alpha value is -2.78. The van der Waals surface area contributed by atoms with E-state index in [0.29, 0.717) is 41.0 Å². The van der Waals surface area contributed by atoms with Crippen LogP contribution in [-0.2, 0) is 26.3 Å². The molecule has 1 aromatic heterocycles. The van der Waals surface area contributed by atoms with Crippen molar-refractivity contribution in [2.45, 2.75) is 90.9 Å². The molecule has 5 atom stereocenters. The number of esters is 1. The van der Waals surface area contributed by atoms with Crippen LogP contribution in [0.3, 0.4) is 0 Å². The van der Waals surface area contributed by atoms with Crippen LogP contribution in [0.2, 0.25) is 0 Å². The van der Waals surface area contributed by atoms with Crippen molar-refractivity contribution in [1.29, 1.82) is 0 Å². The number of amides is 1. The Morgan fingerprint density at radius 2 is 2.05 bits per heavy atom. The molecule has 9 heteroatoms. The van der Waals surface area contributed by atoms with Gasteiger partial charge < -0.3 is 20.6 Å². The van der Waals surface area contributed by atoms with Gasteiger partial charge in [0.05, 0.1) is 5.71 Å². The van der Waals surface area contributed by atoms with E-state index in [1.54, 1.807) is 13.3 Å². The summed E-state index contributed by atoms with van der Waals surface area (Å²) in [5.41, 5.74) is 8.45. The first-order valence-corrected chi connectivity index (χ1v) is 15.8. The van der Waals surface area contributed by atoms with Gasteiger partial charge in [0, 0.05) is 28.5 Å². The molecule has 0 radical (unpaired) electrons. The zero-order valence-electron chi connectivity index (χ0n) is 25.3. The molecule has 1 heterocycles. The van der Waals surface area contributed by atoms with Crippen LogP contribution < -0.4 is 15.8 Å². The summed E-state index contributed by atoms with van der Waals surface area (Å²) in [6.45, 7) is 11.0. The summed E-state index contributed by atoms with van der Waals surface area (Å²) in [6, 6.07) is 4.46. The number of aromatic nitrogens is 1. The summed E-state index contributed by atoms with van der Waals surface area (Å²) < 4.78 is 5.79. The van der Waals surface area contributed by atoms with E-state index in [2.05, 4.69) is 61.0 Å². The van der Waals surface area contributed by atoms with Crippen molar-refractivity contribution < 1.29 is 24.9 Å². The van der Waals surface area contributed by atoms with E-state index in [1.165, 1.54) is 22.5 Å². The first-order valence-electron chi connectivity index (χ1n) is 14.9. The molecule has 0 spiro atoms. The fourth-order valence-corrected chi connectivity index (χ4v) is 8.63. The lowest BCUT2D eigenvalue weighted by Gasteiger charge is -2.50. The lowest BCUT2D eigenvalue weighted by atomic mass is 9.53. The fourth-order valence-electron chi connectivity index (χ4n) is 7.95. The number of carbonyl (C=O) groups excluding carboxylic acids is 2. The Morgan fingerprint density at radius 1 is 1.27 bits per heavy atom. The monoisotopic (exact) mass is 581 g/mol. The topological polar surface area (TPSA) is 118 Å². The van der Waals surface area contributed by atoms with E-state index < -0.39 is 0 Å². The number of fused-ring (bicyclic) bond motifs is 5. The fraction of sp³-hybridized carbons (Fsp3) is 0.625. The van der Waals surface area contributed by atoms with Gasteiger partial charge in [-0.1, -0.05) is 38.9 Å². The lowest BCUT2D eigenvalue weighted by Crippen LogP contribution is -2.55. The molecule has 2 fully saturated rings. The summed E-state index contributed by atoms with van der Waals surface area (Å²) in [6.07, 6.45) is 8.13. The number of rotatable bonds is 7. The van der Waals surface area contributed by atoms with Crippen LogP contribution >= 0.6 is 11.3 Å². The second kappa shape index (κ2) is 11.5. The van der Waals surface area contributed by atoms with Crippen molar-refractivity contribution in [3.63, 3.8) is 0 Å². The number of nitrogens with zero attached hydrogens (tertiary/aromatic N) is 2. The molecule has 0 aliphatic heterocycles. The van der Waals surface area contributed by atoms with Gasteiger partial charge in [0.2, 0.25) is 5.91 Å². The Kier molecular flexibility index (Phi) is 8.32. The number of ether oxygens (including phenoxy) is 1. The minimum Gasteiger partial charge on any atom is -0.422 e. The van der Waals surface area contributed by atoms with Gasteiger partial charge in [-0.25, -0.2) is 9.78 Å². The van der Waals surface area contributed by atoms with Crippen molar-refractivity contribution in [2.75, 3.05) is 19.0 Å². The average molecular weight is 582 g/mol. The number of hydrogen-bond donors (Lipinski definition) is 2. The zero-order chi connectivity index (χ0) is 29.5. The van der Waals surface area contributed by atoms with Gasteiger partial charge in [-0.2, -0.15) is 0 Å². The predicted molar refractivity (Wildman–Crippen MR) is 161 cm³/mol. The molecule has 1 aromatic carbocycles. The van der Waals surface area contributed by atoms with E-state index in [4.69, 9.17) is 9.57 Å². The molecular weight excluding hydrogens is 536 g/mol. The highest BCUT2D eigenvalue weighted by molar-refractivity contribution is 7.15. The number of oxime groups is 1. The van der Waals surface area contributed by atoms with Crippen molar-refractivity contribution in [3.8, 4) is 5.75 Å². The summed E-state index contributed by atoms with van der Waals surface area (Å²) in [4.78, 5) is 35.8. The first kappa shape index (κ1) is 29.7. The minimum atomic E-state index is -0.301. The van der Waals surface area contributed by atoms with E-state index in [0.717, 1.165) is 54.7 Å². The summed E-state index contributed by atoms with van der Waals surface area (Å²) in [7, 11) is 1.64. The number of aryl methyl sites for hydroxylation is 2. The molecule has 0 saturated heterocycles. The number of hydrogen-bond acceptors (Lipinski definition) is 7. The maximum Gasteiger partial charge on any atom is 0.366 e. The molecule has 3 aliphatic rings. The number of anilines is 1. The van der Waals surface area contributed by atoms with Crippen LogP contribution in [-0.4, -0.2) is 36.2 Å². The molecule has 4 N–H and O–H groups in total. The lowest BCUT2D eigenvalue weighted by molar-refractivity contribution is -0.358. The largest absolute Gasteiger partial charge is 0.422 e. The van der Waals surface area contributed by atoms with Crippen molar-refractivity contribution in [2.24, 2.45) is 28.3 Å². The summed E-state index contributed by atoms with van der Waals surface area (Å²) in [5, 5.41) is 8.22. The normalized spacial score (nSPS) is 28.0. The zero-order valence-corrected chi connectivity index (χ0v) is 26.2. The number of nitrogens with one attached hydrogen (secondary N) is 1. The standard InChI is InChI=1S/C32H44N4O4S/c1-18-17-34-30(41-18)35-27(37)10-8-20-14-26(36-39-6)32(5)12-11-21-22(29(20)32)9-7-19-13-25(40-28(38)16-33)24(15-23(19)21)31(2,3)4/h13,15,17,20-22,29H,7-12,14,16,33H2,1-6H3,(H,34,35,37)/p+1/b36-26+/t20-,21?,22?,29?,32-/m1/s1. The van der Waals surface area contributed by atoms with Crippen LogP contribution in [0.1, 0.15) is 93.7 Å². The van der Waals surface area contributed by atoms with Crippen LogP contribution in [0.15, 0.2) is 23.5 Å². The van der Waals surface area contributed by atoms with Gasteiger partial charge >= 0.3 is 5.97 Å². The van der Waals surface area contributed by atoms with Gasteiger partial charge in [0.1, 0.15) is 12.9 Å². The van der Waals surface area contributed by atoms with Gasteiger partial charge in [-0.05, 0) is 91.7 Å². The maximum atomic E-state index is 12.9. The molecule has 5 rings (SSSR count). The smallest absolute Gasteiger partial charge is 0.366 e. The molecule has 3 aliphatic carbocycles. The SMILES string of the molecule is CO/N=C1\C[C@@H](CCC(=O)Nc2ncc(C)s2)C2C3CCc4cc(OC(=O)C[NH3+])c(C(C)(C)C)cc4C3CC[C@]12C. The molecule has 3 unspecified atom stereocenters. The first-order chi connectivity index (χ1) is 19.4. The van der Waals surface area contributed by atoms with E-state index in [-0.39, 0.29) is 29.3 Å². The van der Waals surface area contributed by atoms with Crippen LogP contribution in [0, 0.1) is 30.1 Å². The molecule has 8 nitrogen and oxygen atoms in total. The number of carbonyl (C=O) groups is 2. The highest BCUT2D eigenvalue weighted by Gasteiger charge is 2.57. The number of quaternary nitrogens is 1. The highest BCUT2D eigenvalue weighted by Crippen LogP contribution is 2.63. The highest BCUT2D eigenvalue weighted by atomic mass is 32.1. The van der Waals surface area contributed by atoms with Gasteiger partial charge in [-0.15, -0.1) is 11.3 Å². The molecular formula is C32H45N4O4S+. The molecule has 2 saturated carbocycles. The molecule has 222 valence electrons. The van der Waals surface area contributed by atoms with E-state index >= 15 is 0 Å². The van der Waals surface area contributed by atoms with Gasteiger partial charge in [0.15, 0.2) is 11.7 Å². The summed E-state index contributed by atoms with van der Waals surface area (Å²) in [5.74, 6) is 2.14. The Labute approximate surface area is 247 Å².